The Morgan fingerprint density at radius 2 is 2.14 bits per heavy atom. The smallest absolute Gasteiger partial charge is 0.121 e. The molecular formula is C11H15NO2. The summed E-state index contributed by atoms with van der Waals surface area (Å²) >= 11 is 0. The van der Waals surface area contributed by atoms with Crippen molar-refractivity contribution in [1.82, 2.24) is 0 Å². The predicted molar refractivity (Wildman–Crippen MR) is 53.7 cm³/mol. The second kappa shape index (κ2) is 3.59. The molecule has 4 N–H and O–H groups in total. The highest BCUT2D eigenvalue weighted by Crippen LogP contribution is 2.40. The summed E-state index contributed by atoms with van der Waals surface area (Å²) in [5.41, 5.74) is 7.57. The average Bonchev–Trinajstić information content (AvgIpc) is 3.01. The minimum Gasteiger partial charge on any atom is -0.508 e. The number of phenols is 1. The fourth-order valence-electron chi connectivity index (χ4n) is 1.67. The zero-order valence-electron chi connectivity index (χ0n) is 7.98. The SMILES string of the molecule is NC(c1ccc(O)c(CO)c1)C1CC1. The molecule has 0 spiro atoms. The van der Waals surface area contributed by atoms with Crippen LogP contribution in [0.25, 0.3) is 0 Å². The fraction of sp³-hybridized carbons (Fsp3) is 0.455. The third kappa shape index (κ3) is 1.74. The number of nitrogens with two attached hydrogens (primary N) is 1. The molecule has 1 saturated carbocycles. The second-order valence-corrected chi connectivity index (χ2v) is 3.91. The molecule has 14 heavy (non-hydrogen) atoms. The summed E-state index contributed by atoms with van der Waals surface area (Å²) < 4.78 is 0. The predicted octanol–water partition coefficient (Wildman–Crippen LogP) is 1.29. The van der Waals surface area contributed by atoms with E-state index in [4.69, 9.17) is 10.8 Å². The molecule has 1 aromatic rings. The second-order valence-electron chi connectivity index (χ2n) is 3.91. The summed E-state index contributed by atoms with van der Waals surface area (Å²) in [6, 6.07) is 5.28. The minimum atomic E-state index is -0.142. The first-order chi connectivity index (χ1) is 6.72. The van der Waals surface area contributed by atoms with Gasteiger partial charge in [0.15, 0.2) is 0 Å². The van der Waals surface area contributed by atoms with Crippen LogP contribution in [0.2, 0.25) is 0 Å². The Balaban J connectivity index is 2.25. The number of rotatable bonds is 3. The first-order valence-corrected chi connectivity index (χ1v) is 4.90. The Morgan fingerprint density at radius 3 is 2.71 bits per heavy atom. The van der Waals surface area contributed by atoms with Crippen molar-refractivity contribution in [3.8, 4) is 5.75 Å². The molecule has 3 heteroatoms. The largest absolute Gasteiger partial charge is 0.508 e. The molecule has 0 heterocycles. The average molecular weight is 193 g/mol. The Labute approximate surface area is 83.2 Å². The van der Waals surface area contributed by atoms with Crippen LogP contribution in [-0.2, 0) is 6.61 Å². The lowest BCUT2D eigenvalue weighted by Crippen LogP contribution is -2.12. The standard InChI is InChI=1S/C11H15NO2/c12-11(7-1-2-7)8-3-4-10(14)9(5-8)6-13/h3-5,7,11,13-14H,1-2,6,12H2. The van der Waals surface area contributed by atoms with Gasteiger partial charge in [-0.25, -0.2) is 0 Å². The van der Waals surface area contributed by atoms with Crippen LogP contribution in [-0.4, -0.2) is 10.2 Å². The van der Waals surface area contributed by atoms with Crippen molar-refractivity contribution in [3.63, 3.8) is 0 Å². The van der Waals surface area contributed by atoms with E-state index in [1.807, 2.05) is 6.07 Å². The maximum atomic E-state index is 9.37. The van der Waals surface area contributed by atoms with E-state index in [2.05, 4.69) is 0 Å². The van der Waals surface area contributed by atoms with Gasteiger partial charge in [-0.15, -0.1) is 0 Å². The summed E-state index contributed by atoms with van der Waals surface area (Å²) in [4.78, 5) is 0. The van der Waals surface area contributed by atoms with Crippen LogP contribution < -0.4 is 5.73 Å². The maximum Gasteiger partial charge on any atom is 0.121 e. The number of benzene rings is 1. The van der Waals surface area contributed by atoms with Gasteiger partial charge in [-0.1, -0.05) is 6.07 Å². The topological polar surface area (TPSA) is 66.5 Å². The van der Waals surface area contributed by atoms with E-state index >= 15 is 0 Å². The van der Waals surface area contributed by atoms with Gasteiger partial charge in [-0.2, -0.15) is 0 Å². The van der Waals surface area contributed by atoms with E-state index in [0.29, 0.717) is 11.5 Å². The molecule has 0 radical (unpaired) electrons. The van der Waals surface area contributed by atoms with Gasteiger partial charge in [0.2, 0.25) is 0 Å². The lowest BCUT2D eigenvalue weighted by Gasteiger charge is -2.12. The van der Waals surface area contributed by atoms with Gasteiger partial charge in [0, 0.05) is 11.6 Å². The minimum absolute atomic E-state index is 0.0564. The molecule has 1 unspecified atom stereocenters. The van der Waals surface area contributed by atoms with E-state index in [1.54, 1.807) is 12.1 Å². The van der Waals surface area contributed by atoms with Gasteiger partial charge >= 0.3 is 0 Å². The highest BCUT2D eigenvalue weighted by atomic mass is 16.3. The maximum absolute atomic E-state index is 9.37. The van der Waals surface area contributed by atoms with E-state index in [0.717, 1.165) is 5.56 Å². The molecular weight excluding hydrogens is 178 g/mol. The number of hydrogen-bond acceptors (Lipinski definition) is 3. The van der Waals surface area contributed by atoms with E-state index in [9.17, 15) is 5.11 Å². The van der Waals surface area contributed by atoms with Crippen molar-refractivity contribution in [3.05, 3.63) is 29.3 Å². The summed E-state index contributed by atoms with van der Waals surface area (Å²) in [5.74, 6) is 0.727. The number of aromatic hydroxyl groups is 1. The van der Waals surface area contributed by atoms with Crippen molar-refractivity contribution < 1.29 is 10.2 Å². The van der Waals surface area contributed by atoms with Crippen LogP contribution in [0.15, 0.2) is 18.2 Å². The molecule has 0 aliphatic heterocycles. The van der Waals surface area contributed by atoms with Crippen LogP contribution >= 0.6 is 0 Å². The summed E-state index contributed by atoms with van der Waals surface area (Å²) in [6.45, 7) is -0.142. The molecule has 1 aliphatic rings. The van der Waals surface area contributed by atoms with Gasteiger partial charge < -0.3 is 15.9 Å². The normalized spacial score (nSPS) is 18.1. The van der Waals surface area contributed by atoms with Gasteiger partial charge in [-0.05, 0) is 36.5 Å². The van der Waals surface area contributed by atoms with Crippen LogP contribution in [0.3, 0.4) is 0 Å². The molecule has 3 nitrogen and oxygen atoms in total. The summed E-state index contributed by atoms with van der Waals surface area (Å²) in [5, 5.41) is 18.3. The van der Waals surface area contributed by atoms with Crippen molar-refractivity contribution in [2.45, 2.75) is 25.5 Å². The molecule has 2 rings (SSSR count). The van der Waals surface area contributed by atoms with Gasteiger partial charge in [0.25, 0.3) is 0 Å². The number of hydrogen-bond donors (Lipinski definition) is 3. The molecule has 76 valence electrons. The quantitative estimate of drug-likeness (QED) is 0.677. The highest BCUT2D eigenvalue weighted by Gasteiger charge is 2.29. The Hall–Kier alpha value is -1.06. The zero-order valence-corrected chi connectivity index (χ0v) is 7.98. The molecule has 1 atom stereocenters. The molecule has 1 aliphatic carbocycles. The third-order valence-electron chi connectivity index (χ3n) is 2.79. The zero-order chi connectivity index (χ0) is 10.1. The lowest BCUT2D eigenvalue weighted by atomic mass is 10.0. The van der Waals surface area contributed by atoms with Gasteiger partial charge in [0.05, 0.1) is 6.61 Å². The first kappa shape index (κ1) is 9.49. The summed E-state index contributed by atoms with van der Waals surface area (Å²) in [6.07, 6.45) is 2.38. The first-order valence-electron chi connectivity index (χ1n) is 4.90. The fourth-order valence-corrected chi connectivity index (χ4v) is 1.67. The van der Waals surface area contributed by atoms with Crippen molar-refractivity contribution in [2.24, 2.45) is 11.7 Å². The number of aliphatic hydroxyl groups is 1. The lowest BCUT2D eigenvalue weighted by molar-refractivity contribution is 0.275. The van der Waals surface area contributed by atoms with E-state index < -0.39 is 0 Å². The van der Waals surface area contributed by atoms with E-state index in [-0.39, 0.29) is 18.4 Å². The molecule has 1 fully saturated rings. The van der Waals surface area contributed by atoms with Crippen LogP contribution in [0.1, 0.15) is 30.0 Å². The van der Waals surface area contributed by atoms with Crippen LogP contribution in [0.5, 0.6) is 5.75 Å². The molecule has 1 aromatic carbocycles. The Bertz CT molecular complexity index is 334. The van der Waals surface area contributed by atoms with Crippen molar-refractivity contribution >= 4 is 0 Å². The van der Waals surface area contributed by atoms with Gasteiger partial charge in [-0.3, -0.25) is 0 Å². The van der Waals surface area contributed by atoms with Crippen LogP contribution in [0, 0.1) is 5.92 Å². The van der Waals surface area contributed by atoms with Gasteiger partial charge in [0.1, 0.15) is 5.75 Å². The van der Waals surface area contributed by atoms with Crippen LogP contribution in [0.4, 0.5) is 0 Å². The number of aliphatic hydroxyl groups excluding tert-OH is 1. The highest BCUT2D eigenvalue weighted by molar-refractivity contribution is 5.37. The molecule has 0 bridgehead atoms. The Kier molecular flexibility index (Phi) is 2.44. The van der Waals surface area contributed by atoms with Crippen molar-refractivity contribution in [2.75, 3.05) is 0 Å². The van der Waals surface area contributed by atoms with Crippen molar-refractivity contribution in [1.29, 1.82) is 0 Å². The summed E-state index contributed by atoms with van der Waals surface area (Å²) in [7, 11) is 0. The third-order valence-corrected chi connectivity index (χ3v) is 2.79. The molecule has 0 aromatic heterocycles. The Morgan fingerprint density at radius 1 is 1.43 bits per heavy atom. The molecule has 0 amide bonds. The van der Waals surface area contributed by atoms with E-state index in [1.165, 1.54) is 12.8 Å². The monoisotopic (exact) mass is 193 g/mol. The molecule has 0 saturated heterocycles.